The fourth-order valence-corrected chi connectivity index (χ4v) is 4.52. The SMILES string of the molecule is c1ccc(-c2nnn(CCCCCN3CCC[C@H]3c3ccc4c(c3)OCCO4)n2)cc1. The average molecular weight is 420 g/mol. The number of hydrogen-bond acceptors (Lipinski definition) is 6. The second kappa shape index (κ2) is 9.47. The topological polar surface area (TPSA) is 65.3 Å². The standard InChI is InChI=1S/C24H29N5O2/c1-3-8-19(9-4-1)24-25-27-29(26-24)15-6-2-5-13-28-14-7-10-21(28)20-11-12-22-23(18-20)31-17-16-30-22/h1,3-4,8-9,11-12,18,21H,2,5-7,10,13-17H2/t21-/m0/s1. The molecule has 0 unspecified atom stereocenters. The number of aromatic nitrogens is 4. The van der Waals surface area contributed by atoms with Crippen LogP contribution in [-0.4, -0.2) is 51.4 Å². The van der Waals surface area contributed by atoms with Gasteiger partial charge in [-0.05, 0) is 61.7 Å². The molecule has 3 heterocycles. The van der Waals surface area contributed by atoms with Crippen molar-refractivity contribution in [3.05, 3.63) is 54.1 Å². The van der Waals surface area contributed by atoms with E-state index in [1.807, 2.05) is 30.3 Å². The highest BCUT2D eigenvalue weighted by Gasteiger charge is 2.26. The molecule has 2 aromatic carbocycles. The highest BCUT2D eigenvalue weighted by molar-refractivity contribution is 5.52. The molecule has 31 heavy (non-hydrogen) atoms. The first-order valence-electron chi connectivity index (χ1n) is 11.3. The first-order valence-corrected chi connectivity index (χ1v) is 11.3. The maximum atomic E-state index is 5.78. The number of hydrogen-bond donors (Lipinski definition) is 0. The van der Waals surface area contributed by atoms with Gasteiger partial charge in [0.1, 0.15) is 13.2 Å². The van der Waals surface area contributed by atoms with Crippen LogP contribution in [0.5, 0.6) is 11.5 Å². The summed E-state index contributed by atoms with van der Waals surface area (Å²) < 4.78 is 11.4. The molecule has 2 aliphatic rings. The fraction of sp³-hybridized carbons (Fsp3) is 0.458. The second-order valence-corrected chi connectivity index (χ2v) is 8.23. The lowest BCUT2D eigenvalue weighted by Gasteiger charge is -2.26. The zero-order chi connectivity index (χ0) is 20.9. The van der Waals surface area contributed by atoms with E-state index in [0.29, 0.717) is 25.1 Å². The molecule has 0 radical (unpaired) electrons. The van der Waals surface area contributed by atoms with E-state index in [2.05, 4.69) is 38.5 Å². The first kappa shape index (κ1) is 20.0. The van der Waals surface area contributed by atoms with Crippen molar-refractivity contribution in [3.8, 4) is 22.9 Å². The Morgan fingerprint density at radius 2 is 1.74 bits per heavy atom. The van der Waals surface area contributed by atoms with Crippen LogP contribution in [0.2, 0.25) is 0 Å². The molecule has 162 valence electrons. The van der Waals surface area contributed by atoms with Gasteiger partial charge in [0.05, 0.1) is 6.54 Å². The molecule has 0 aliphatic carbocycles. The molecule has 0 spiro atoms. The van der Waals surface area contributed by atoms with Crippen LogP contribution in [0, 0.1) is 0 Å². The zero-order valence-electron chi connectivity index (χ0n) is 17.8. The Bertz CT molecular complexity index is 991. The Hall–Kier alpha value is -2.93. The van der Waals surface area contributed by atoms with Crippen molar-refractivity contribution in [1.29, 1.82) is 0 Å². The normalized spacial score (nSPS) is 18.4. The minimum absolute atomic E-state index is 0.487. The van der Waals surface area contributed by atoms with Crippen molar-refractivity contribution in [2.45, 2.75) is 44.7 Å². The van der Waals surface area contributed by atoms with Gasteiger partial charge >= 0.3 is 0 Å². The van der Waals surface area contributed by atoms with Gasteiger partial charge in [0, 0.05) is 11.6 Å². The smallest absolute Gasteiger partial charge is 0.204 e. The largest absolute Gasteiger partial charge is 0.486 e. The Morgan fingerprint density at radius 3 is 2.65 bits per heavy atom. The third-order valence-electron chi connectivity index (χ3n) is 6.10. The van der Waals surface area contributed by atoms with Gasteiger partial charge in [0.15, 0.2) is 11.5 Å². The molecular weight excluding hydrogens is 390 g/mol. The molecule has 1 atom stereocenters. The van der Waals surface area contributed by atoms with Gasteiger partial charge in [-0.1, -0.05) is 42.8 Å². The van der Waals surface area contributed by atoms with Crippen LogP contribution >= 0.6 is 0 Å². The van der Waals surface area contributed by atoms with Gasteiger partial charge < -0.3 is 9.47 Å². The Kier molecular flexibility index (Phi) is 6.11. The van der Waals surface area contributed by atoms with Crippen LogP contribution in [-0.2, 0) is 6.54 Å². The Morgan fingerprint density at radius 1 is 0.903 bits per heavy atom. The molecule has 2 aliphatic heterocycles. The summed E-state index contributed by atoms with van der Waals surface area (Å²) in [6.45, 7) is 4.38. The van der Waals surface area contributed by atoms with Crippen molar-refractivity contribution < 1.29 is 9.47 Å². The van der Waals surface area contributed by atoms with E-state index in [-0.39, 0.29) is 0 Å². The quantitative estimate of drug-likeness (QED) is 0.512. The van der Waals surface area contributed by atoms with E-state index in [0.717, 1.165) is 43.0 Å². The molecule has 1 aromatic heterocycles. The molecule has 0 saturated carbocycles. The number of tetrazole rings is 1. The summed E-state index contributed by atoms with van der Waals surface area (Å²) in [5.74, 6) is 2.46. The number of fused-ring (bicyclic) bond motifs is 1. The van der Waals surface area contributed by atoms with Crippen molar-refractivity contribution in [2.75, 3.05) is 26.3 Å². The molecule has 1 saturated heterocycles. The van der Waals surface area contributed by atoms with Gasteiger partial charge in [-0.2, -0.15) is 4.80 Å². The van der Waals surface area contributed by atoms with Crippen LogP contribution in [0.3, 0.4) is 0 Å². The number of nitrogens with zero attached hydrogens (tertiary/aromatic N) is 5. The van der Waals surface area contributed by atoms with Crippen molar-refractivity contribution in [1.82, 2.24) is 25.1 Å². The summed E-state index contributed by atoms with van der Waals surface area (Å²) in [5, 5.41) is 12.9. The van der Waals surface area contributed by atoms with Crippen molar-refractivity contribution in [3.63, 3.8) is 0 Å². The number of benzene rings is 2. The highest BCUT2D eigenvalue weighted by atomic mass is 16.6. The number of ether oxygens (including phenoxy) is 2. The molecule has 7 heteroatoms. The molecule has 3 aromatic rings. The van der Waals surface area contributed by atoms with E-state index in [4.69, 9.17) is 9.47 Å². The fourth-order valence-electron chi connectivity index (χ4n) is 4.52. The van der Waals surface area contributed by atoms with Gasteiger partial charge in [-0.25, -0.2) is 0 Å². The van der Waals surface area contributed by atoms with E-state index in [1.54, 1.807) is 4.80 Å². The second-order valence-electron chi connectivity index (χ2n) is 8.23. The van der Waals surface area contributed by atoms with Crippen molar-refractivity contribution >= 4 is 0 Å². The molecule has 1 fully saturated rings. The summed E-state index contributed by atoms with van der Waals surface area (Å²) in [6.07, 6.45) is 5.87. The van der Waals surface area contributed by atoms with Gasteiger partial charge in [-0.3, -0.25) is 4.90 Å². The van der Waals surface area contributed by atoms with Crippen LogP contribution < -0.4 is 9.47 Å². The van der Waals surface area contributed by atoms with E-state index < -0.39 is 0 Å². The number of unbranched alkanes of at least 4 members (excludes halogenated alkanes) is 2. The summed E-state index contributed by atoms with van der Waals surface area (Å²) in [4.78, 5) is 4.34. The highest BCUT2D eigenvalue weighted by Crippen LogP contribution is 2.38. The van der Waals surface area contributed by atoms with Crippen LogP contribution in [0.15, 0.2) is 48.5 Å². The average Bonchev–Trinajstić information content (AvgIpc) is 3.49. The zero-order valence-corrected chi connectivity index (χ0v) is 17.8. The summed E-state index contributed by atoms with van der Waals surface area (Å²) in [5.41, 5.74) is 2.36. The minimum Gasteiger partial charge on any atom is -0.486 e. The Labute approximate surface area is 183 Å². The van der Waals surface area contributed by atoms with Crippen LogP contribution in [0.25, 0.3) is 11.4 Å². The third-order valence-corrected chi connectivity index (χ3v) is 6.10. The molecule has 0 bridgehead atoms. The van der Waals surface area contributed by atoms with Gasteiger partial charge in [0.25, 0.3) is 0 Å². The first-order chi connectivity index (χ1) is 15.4. The lowest BCUT2D eigenvalue weighted by atomic mass is 10.0. The molecule has 0 N–H and O–H groups in total. The maximum absolute atomic E-state index is 5.78. The van der Waals surface area contributed by atoms with Crippen LogP contribution in [0.4, 0.5) is 0 Å². The molecule has 5 rings (SSSR count). The van der Waals surface area contributed by atoms with Gasteiger partial charge in [0.2, 0.25) is 5.82 Å². The third kappa shape index (κ3) is 4.71. The summed E-state index contributed by atoms with van der Waals surface area (Å²) in [6, 6.07) is 16.9. The molecular formula is C24H29N5O2. The van der Waals surface area contributed by atoms with Crippen LogP contribution in [0.1, 0.15) is 43.7 Å². The maximum Gasteiger partial charge on any atom is 0.204 e. The number of aryl methyl sites for hydroxylation is 1. The molecule has 0 amide bonds. The van der Waals surface area contributed by atoms with E-state index in [1.165, 1.54) is 31.4 Å². The minimum atomic E-state index is 0.487. The Balaban J connectivity index is 1.09. The predicted molar refractivity (Wildman–Crippen MR) is 118 cm³/mol. The monoisotopic (exact) mass is 419 g/mol. The lowest BCUT2D eigenvalue weighted by Crippen LogP contribution is -2.25. The van der Waals surface area contributed by atoms with Crippen molar-refractivity contribution in [2.24, 2.45) is 0 Å². The summed E-state index contributed by atoms with van der Waals surface area (Å²) in [7, 11) is 0. The van der Waals surface area contributed by atoms with Gasteiger partial charge in [-0.15, -0.1) is 10.2 Å². The number of rotatable bonds is 8. The molecule has 7 nitrogen and oxygen atoms in total. The van der Waals surface area contributed by atoms with E-state index >= 15 is 0 Å². The summed E-state index contributed by atoms with van der Waals surface area (Å²) >= 11 is 0. The van der Waals surface area contributed by atoms with E-state index in [9.17, 15) is 0 Å². The lowest BCUT2D eigenvalue weighted by molar-refractivity contribution is 0.170. The predicted octanol–water partition coefficient (Wildman–Crippen LogP) is 4.12. The number of likely N-dealkylation sites (tertiary alicyclic amines) is 1.